The summed E-state index contributed by atoms with van der Waals surface area (Å²) in [4.78, 5) is 0. The number of methoxy groups -OCH3 is 1. The van der Waals surface area contributed by atoms with Gasteiger partial charge >= 0.3 is 0 Å². The maximum absolute atomic E-state index is 5.94. The summed E-state index contributed by atoms with van der Waals surface area (Å²) < 4.78 is 11.8. The van der Waals surface area contributed by atoms with Crippen LogP contribution in [0.4, 0.5) is 5.69 Å². The van der Waals surface area contributed by atoms with Crippen molar-refractivity contribution < 1.29 is 9.47 Å². The van der Waals surface area contributed by atoms with Gasteiger partial charge in [0.15, 0.2) is 0 Å². The molecule has 0 amide bonds. The number of hydrogen-bond acceptors (Lipinski definition) is 3. The molecule has 2 N–H and O–H groups in total. The van der Waals surface area contributed by atoms with E-state index in [1.807, 2.05) is 18.2 Å². The molecule has 0 atom stereocenters. The summed E-state index contributed by atoms with van der Waals surface area (Å²) in [6.07, 6.45) is 0. The number of nitrogen functional groups attached to an aromatic ring is 1. The smallest absolute Gasteiger partial charge is 0.121 e. The molecule has 0 saturated carbocycles. The molecule has 0 aliphatic rings. The molecule has 2 aromatic carbocycles. The monoisotopic (exact) mass is 341 g/mol. The van der Waals surface area contributed by atoms with Crippen molar-refractivity contribution in [2.75, 3.05) is 12.8 Å². The molecule has 2 aromatic rings. The maximum Gasteiger partial charge on any atom is 0.121 e. The number of hydrogen-bond donors (Lipinski definition) is 1. The fraction of sp³-hybridized carbons (Fsp3) is 0.143. The second-order valence-electron chi connectivity index (χ2n) is 3.93. The summed E-state index contributed by atoms with van der Waals surface area (Å²) in [5, 5.41) is 0.488. The average molecular weight is 343 g/mol. The molecule has 3 nitrogen and oxygen atoms in total. The Morgan fingerprint density at radius 2 is 1.89 bits per heavy atom. The first-order valence-electron chi connectivity index (χ1n) is 5.60. The Morgan fingerprint density at radius 1 is 1.16 bits per heavy atom. The van der Waals surface area contributed by atoms with Gasteiger partial charge in [0, 0.05) is 16.1 Å². The molecular formula is C14H13BrClNO2. The Labute approximate surface area is 125 Å². The SMILES string of the molecule is COc1ccc(Br)c(COc2ccc(N)c(Cl)c2)c1. The molecule has 2 rings (SSSR count). The lowest BCUT2D eigenvalue weighted by molar-refractivity contribution is 0.304. The highest BCUT2D eigenvalue weighted by atomic mass is 79.9. The van der Waals surface area contributed by atoms with E-state index in [0.29, 0.717) is 23.1 Å². The molecule has 0 bridgehead atoms. The fourth-order valence-electron chi connectivity index (χ4n) is 1.55. The Morgan fingerprint density at radius 3 is 2.58 bits per heavy atom. The van der Waals surface area contributed by atoms with E-state index in [1.54, 1.807) is 25.3 Å². The minimum atomic E-state index is 0.415. The van der Waals surface area contributed by atoms with Gasteiger partial charge in [-0.1, -0.05) is 27.5 Å². The third-order valence-electron chi connectivity index (χ3n) is 2.62. The lowest BCUT2D eigenvalue weighted by Gasteiger charge is -2.10. The van der Waals surface area contributed by atoms with Crippen LogP contribution in [-0.4, -0.2) is 7.11 Å². The Kier molecular flexibility index (Phi) is 4.56. The number of benzene rings is 2. The number of halogens is 2. The van der Waals surface area contributed by atoms with Crippen LogP contribution >= 0.6 is 27.5 Å². The molecule has 0 aromatic heterocycles. The Balaban J connectivity index is 2.11. The molecule has 5 heteroatoms. The zero-order valence-electron chi connectivity index (χ0n) is 10.3. The van der Waals surface area contributed by atoms with E-state index in [9.17, 15) is 0 Å². The predicted molar refractivity (Wildman–Crippen MR) is 80.9 cm³/mol. The summed E-state index contributed by atoms with van der Waals surface area (Å²) in [6.45, 7) is 0.415. The van der Waals surface area contributed by atoms with Crippen LogP contribution in [0, 0.1) is 0 Å². The minimum absolute atomic E-state index is 0.415. The second kappa shape index (κ2) is 6.17. The third kappa shape index (κ3) is 3.55. The average Bonchev–Trinajstić information content (AvgIpc) is 2.41. The number of rotatable bonds is 4. The molecule has 0 radical (unpaired) electrons. The minimum Gasteiger partial charge on any atom is -0.497 e. The molecule has 19 heavy (non-hydrogen) atoms. The van der Waals surface area contributed by atoms with Crippen molar-refractivity contribution in [3.05, 3.63) is 51.5 Å². The molecule has 0 fully saturated rings. The van der Waals surface area contributed by atoms with Crippen LogP contribution in [0.3, 0.4) is 0 Å². The summed E-state index contributed by atoms with van der Waals surface area (Å²) in [5.41, 5.74) is 7.18. The predicted octanol–water partition coefficient (Wildman–Crippen LogP) is 4.27. The summed E-state index contributed by atoms with van der Waals surface area (Å²) in [5.74, 6) is 1.46. The van der Waals surface area contributed by atoms with E-state index in [2.05, 4.69) is 15.9 Å². The van der Waals surface area contributed by atoms with Crippen LogP contribution in [0.15, 0.2) is 40.9 Å². The Bertz CT molecular complexity index is 590. The third-order valence-corrected chi connectivity index (χ3v) is 3.72. The van der Waals surface area contributed by atoms with Gasteiger partial charge in [-0.15, -0.1) is 0 Å². The van der Waals surface area contributed by atoms with Gasteiger partial charge in [0.1, 0.15) is 18.1 Å². The van der Waals surface area contributed by atoms with Crippen LogP contribution in [0.1, 0.15) is 5.56 Å². The first-order valence-corrected chi connectivity index (χ1v) is 6.77. The molecule has 0 aliphatic heterocycles. The lowest BCUT2D eigenvalue weighted by Crippen LogP contribution is -1.98. The van der Waals surface area contributed by atoms with Gasteiger partial charge in [-0.2, -0.15) is 0 Å². The molecule has 0 saturated heterocycles. The van der Waals surface area contributed by atoms with E-state index in [4.69, 9.17) is 26.8 Å². The van der Waals surface area contributed by atoms with Gasteiger partial charge < -0.3 is 15.2 Å². The molecule has 0 spiro atoms. The highest BCUT2D eigenvalue weighted by Crippen LogP contribution is 2.27. The van der Waals surface area contributed by atoms with E-state index in [1.165, 1.54) is 0 Å². The van der Waals surface area contributed by atoms with Crippen molar-refractivity contribution in [1.82, 2.24) is 0 Å². The van der Waals surface area contributed by atoms with Crippen molar-refractivity contribution in [3.8, 4) is 11.5 Å². The van der Waals surface area contributed by atoms with Gasteiger partial charge in [-0.25, -0.2) is 0 Å². The molecular weight excluding hydrogens is 330 g/mol. The Hall–Kier alpha value is -1.39. The molecule has 0 unspecified atom stereocenters. The van der Waals surface area contributed by atoms with E-state index < -0.39 is 0 Å². The topological polar surface area (TPSA) is 44.5 Å². The van der Waals surface area contributed by atoms with Crippen molar-refractivity contribution in [2.45, 2.75) is 6.61 Å². The van der Waals surface area contributed by atoms with Gasteiger partial charge in [0.05, 0.1) is 17.8 Å². The van der Waals surface area contributed by atoms with Crippen LogP contribution < -0.4 is 15.2 Å². The second-order valence-corrected chi connectivity index (χ2v) is 5.19. The van der Waals surface area contributed by atoms with Gasteiger partial charge in [0.2, 0.25) is 0 Å². The summed E-state index contributed by atoms with van der Waals surface area (Å²) >= 11 is 9.42. The number of ether oxygens (including phenoxy) is 2. The van der Waals surface area contributed by atoms with Crippen LogP contribution in [0.5, 0.6) is 11.5 Å². The van der Waals surface area contributed by atoms with E-state index in [-0.39, 0.29) is 0 Å². The van der Waals surface area contributed by atoms with E-state index in [0.717, 1.165) is 15.8 Å². The van der Waals surface area contributed by atoms with Gasteiger partial charge in [-0.3, -0.25) is 0 Å². The van der Waals surface area contributed by atoms with Crippen molar-refractivity contribution in [1.29, 1.82) is 0 Å². The standard InChI is InChI=1S/C14H13BrClNO2/c1-18-10-2-4-12(15)9(6-10)8-19-11-3-5-14(17)13(16)7-11/h2-7H,8,17H2,1H3. The normalized spacial score (nSPS) is 10.3. The fourth-order valence-corrected chi connectivity index (χ4v) is 2.08. The van der Waals surface area contributed by atoms with Crippen molar-refractivity contribution in [3.63, 3.8) is 0 Å². The quantitative estimate of drug-likeness (QED) is 0.844. The number of nitrogens with two attached hydrogens (primary N) is 1. The molecule has 0 aliphatic carbocycles. The van der Waals surface area contributed by atoms with Crippen LogP contribution in [0.2, 0.25) is 5.02 Å². The molecule has 0 heterocycles. The molecule has 100 valence electrons. The summed E-state index contributed by atoms with van der Waals surface area (Å²) in [6, 6.07) is 10.9. The first kappa shape index (κ1) is 14.0. The summed E-state index contributed by atoms with van der Waals surface area (Å²) in [7, 11) is 1.63. The van der Waals surface area contributed by atoms with Gasteiger partial charge in [-0.05, 0) is 30.3 Å². The van der Waals surface area contributed by atoms with Crippen molar-refractivity contribution >= 4 is 33.2 Å². The highest BCUT2D eigenvalue weighted by molar-refractivity contribution is 9.10. The number of anilines is 1. The first-order chi connectivity index (χ1) is 9.10. The van der Waals surface area contributed by atoms with Crippen LogP contribution in [-0.2, 0) is 6.61 Å². The zero-order chi connectivity index (χ0) is 13.8. The van der Waals surface area contributed by atoms with E-state index >= 15 is 0 Å². The van der Waals surface area contributed by atoms with Crippen molar-refractivity contribution in [2.24, 2.45) is 0 Å². The maximum atomic E-state index is 5.94. The zero-order valence-corrected chi connectivity index (χ0v) is 12.7. The largest absolute Gasteiger partial charge is 0.497 e. The van der Waals surface area contributed by atoms with Gasteiger partial charge in [0.25, 0.3) is 0 Å². The lowest BCUT2D eigenvalue weighted by atomic mass is 10.2. The van der Waals surface area contributed by atoms with Crippen LogP contribution in [0.25, 0.3) is 0 Å². The highest BCUT2D eigenvalue weighted by Gasteiger charge is 2.05.